The number of carboxylic acids is 1. The molecule has 0 spiro atoms. The molecule has 14 heavy (non-hydrogen) atoms. The van der Waals surface area contributed by atoms with E-state index in [0.717, 1.165) is 10.7 Å². The van der Waals surface area contributed by atoms with E-state index < -0.39 is 17.6 Å². The minimum absolute atomic E-state index is 0.290. The van der Waals surface area contributed by atoms with E-state index in [2.05, 4.69) is 11.7 Å². The number of allylic oxidation sites excluding steroid dienone is 1. The van der Waals surface area contributed by atoms with E-state index in [1.807, 2.05) is 0 Å². The number of aromatic carboxylic acids is 1. The van der Waals surface area contributed by atoms with Crippen molar-refractivity contribution < 1.29 is 18.7 Å². The normalized spacial score (nSPS) is 11.4. The zero-order valence-corrected chi connectivity index (χ0v) is 7.37. The SMILES string of the molecule is C=CC(F)(F)c1cc(C(=O)O)n(C)n1. The van der Waals surface area contributed by atoms with Crippen LogP contribution in [0.3, 0.4) is 0 Å². The molecule has 0 aliphatic carbocycles. The lowest BCUT2D eigenvalue weighted by atomic mass is 10.2. The first-order valence-corrected chi connectivity index (χ1v) is 3.67. The number of rotatable bonds is 3. The maximum Gasteiger partial charge on any atom is 0.354 e. The zero-order valence-electron chi connectivity index (χ0n) is 7.37. The monoisotopic (exact) mass is 202 g/mol. The lowest BCUT2D eigenvalue weighted by Gasteiger charge is -2.05. The quantitative estimate of drug-likeness (QED) is 0.753. The second kappa shape index (κ2) is 3.21. The third-order valence-corrected chi connectivity index (χ3v) is 1.70. The van der Waals surface area contributed by atoms with E-state index in [1.165, 1.54) is 7.05 Å². The summed E-state index contributed by atoms with van der Waals surface area (Å²) in [5.41, 5.74) is -0.908. The number of aryl methyl sites for hydroxylation is 1. The molecular weight excluding hydrogens is 194 g/mol. The Morgan fingerprint density at radius 1 is 1.79 bits per heavy atom. The van der Waals surface area contributed by atoms with Crippen molar-refractivity contribution >= 4 is 5.97 Å². The van der Waals surface area contributed by atoms with Crippen molar-refractivity contribution in [3.63, 3.8) is 0 Å². The van der Waals surface area contributed by atoms with Gasteiger partial charge in [-0.1, -0.05) is 6.58 Å². The van der Waals surface area contributed by atoms with Crippen LogP contribution >= 0.6 is 0 Å². The topological polar surface area (TPSA) is 55.1 Å². The van der Waals surface area contributed by atoms with Crippen molar-refractivity contribution in [2.75, 3.05) is 0 Å². The molecule has 0 saturated heterocycles. The molecule has 0 aliphatic heterocycles. The van der Waals surface area contributed by atoms with Crippen molar-refractivity contribution in [2.24, 2.45) is 7.05 Å². The Labute approximate surface area is 78.5 Å². The highest BCUT2D eigenvalue weighted by molar-refractivity contribution is 5.85. The Bertz CT molecular complexity index is 385. The van der Waals surface area contributed by atoms with E-state index in [0.29, 0.717) is 6.08 Å². The number of halogens is 2. The van der Waals surface area contributed by atoms with Crippen molar-refractivity contribution in [3.05, 3.63) is 30.1 Å². The molecule has 1 aromatic rings. The van der Waals surface area contributed by atoms with E-state index in [4.69, 9.17) is 5.11 Å². The lowest BCUT2D eigenvalue weighted by Crippen LogP contribution is -2.10. The lowest BCUT2D eigenvalue weighted by molar-refractivity contribution is 0.0470. The van der Waals surface area contributed by atoms with Gasteiger partial charge in [-0.25, -0.2) is 4.79 Å². The number of carboxylic acid groups (broad SMARTS) is 1. The molecule has 0 aliphatic rings. The van der Waals surface area contributed by atoms with Gasteiger partial charge in [-0.05, 0) is 6.08 Å². The Morgan fingerprint density at radius 2 is 2.36 bits per heavy atom. The molecule has 0 radical (unpaired) electrons. The van der Waals surface area contributed by atoms with Crippen LogP contribution in [0.1, 0.15) is 16.2 Å². The van der Waals surface area contributed by atoms with E-state index in [1.54, 1.807) is 0 Å². The number of nitrogens with zero attached hydrogens (tertiary/aromatic N) is 2. The second-order valence-electron chi connectivity index (χ2n) is 2.67. The highest BCUT2D eigenvalue weighted by atomic mass is 19.3. The van der Waals surface area contributed by atoms with Crippen LogP contribution in [0, 0.1) is 0 Å². The molecule has 0 amide bonds. The molecule has 1 aromatic heterocycles. The van der Waals surface area contributed by atoms with Gasteiger partial charge in [0.15, 0.2) is 0 Å². The number of hydrogen-bond donors (Lipinski definition) is 1. The van der Waals surface area contributed by atoms with E-state index in [9.17, 15) is 13.6 Å². The molecule has 0 atom stereocenters. The molecular formula is C8H8F2N2O2. The first kappa shape index (κ1) is 10.4. The number of hydrogen-bond acceptors (Lipinski definition) is 2. The van der Waals surface area contributed by atoms with Crippen molar-refractivity contribution in [3.8, 4) is 0 Å². The van der Waals surface area contributed by atoms with Crippen molar-refractivity contribution in [2.45, 2.75) is 5.92 Å². The molecule has 6 heteroatoms. The van der Waals surface area contributed by atoms with Crippen molar-refractivity contribution in [1.82, 2.24) is 9.78 Å². The number of aromatic nitrogens is 2. The summed E-state index contributed by atoms with van der Waals surface area (Å²) in [5.74, 6) is -4.60. The predicted molar refractivity (Wildman–Crippen MR) is 44.3 cm³/mol. The van der Waals surface area contributed by atoms with Crippen LogP contribution in [0.5, 0.6) is 0 Å². The smallest absolute Gasteiger partial charge is 0.354 e. The van der Waals surface area contributed by atoms with Gasteiger partial charge in [0.25, 0.3) is 0 Å². The molecule has 0 saturated carbocycles. The summed E-state index contributed by atoms with van der Waals surface area (Å²) in [6, 6.07) is 0.823. The largest absolute Gasteiger partial charge is 0.477 e. The average molecular weight is 202 g/mol. The van der Waals surface area contributed by atoms with Gasteiger partial charge in [0.05, 0.1) is 0 Å². The van der Waals surface area contributed by atoms with Crippen LogP contribution in [0.15, 0.2) is 18.7 Å². The highest BCUT2D eigenvalue weighted by Crippen LogP contribution is 2.27. The highest BCUT2D eigenvalue weighted by Gasteiger charge is 2.32. The van der Waals surface area contributed by atoms with Crippen LogP contribution < -0.4 is 0 Å². The fourth-order valence-corrected chi connectivity index (χ4v) is 0.935. The molecule has 1 rings (SSSR count). The van der Waals surface area contributed by atoms with Gasteiger partial charge in [-0.3, -0.25) is 4.68 Å². The Morgan fingerprint density at radius 3 is 2.71 bits per heavy atom. The molecule has 0 unspecified atom stereocenters. The summed E-state index contributed by atoms with van der Waals surface area (Å²) in [6.45, 7) is 2.95. The summed E-state index contributed by atoms with van der Waals surface area (Å²) < 4.78 is 26.8. The van der Waals surface area contributed by atoms with Gasteiger partial charge < -0.3 is 5.11 Å². The minimum Gasteiger partial charge on any atom is -0.477 e. The molecule has 0 fully saturated rings. The van der Waals surface area contributed by atoms with Crippen LogP contribution in [-0.4, -0.2) is 20.9 Å². The first-order valence-electron chi connectivity index (χ1n) is 3.67. The van der Waals surface area contributed by atoms with Gasteiger partial charge in [0.1, 0.15) is 11.4 Å². The predicted octanol–water partition coefficient (Wildman–Crippen LogP) is 1.40. The maximum atomic E-state index is 13.0. The van der Waals surface area contributed by atoms with Crippen LogP contribution in [-0.2, 0) is 13.0 Å². The molecule has 1 N–H and O–H groups in total. The van der Waals surface area contributed by atoms with Gasteiger partial charge >= 0.3 is 11.9 Å². The summed E-state index contributed by atoms with van der Waals surface area (Å²) >= 11 is 0. The molecule has 76 valence electrons. The summed E-state index contributed by atoms with van der Waals surface area (Å²) in [4.78, 5) is 10.5. The van der Waals surface area contributed by atoms with Crippen LogP contribution in [0.4, 0.5) is 8.78 Å². The first-order chi connectivity index (χ1) is 6.38. The maximum absolute atomic E-state index is 13.0. The number of alkyl halides is 2. The van der Waals surface area contributed by atoms with Crippen LogP contribution in [0.25, 0.3) is 0 Å². The fraction of sp³-hybridized carbons (Fsp3) is 0.250. The minimum atomic E-state index is -3.30. The van der Waals surface area contributed by atoms with Gasteiger partial charge in [-0.15, -0.1) is 0 Å². The Balaban J connectivity index is 3.21. The van der Waals surface area contributed by atoms with Crippen LogP contribution in [0.2, 0.25) is 0 Å². The fourth-order valence-electron chi connectivity index (χ4n) is 0.935. The molecule has 1 heterocycles. The van der Waals surface area contributed by atoms with E-state index >= 15 is 0 Å². The Kier molecular flexibility index (Phi) is 2.37. The molecule has 0 aromatic carbocycles. The third-order valence-electron chi connectivity index (χ3n) is 1.70. The standard InChI is InChI=1S/C8H8F2N2O2/c1-3-8(9,10)6-4-5(7(13)14)12(2)11-6/h3-4H,1H2,2H3,(H,13,14). The summed E-state index contributed by atoms with van der Waals surface area (Å²) in [6.07, 6.45) is 0.418. The summed E-state index contributed by atoms with van der Waals surface area (Å²) in [7, 11) is 1.28. The molecule has 0 bridgehead atoms. The van der Waals surface area contributed by atoms with Gasteiger partial charge in [-0.2, -0.15) is 13.9 Å². The van der Waals surface area contributed by atoms with Gasteiger partial charge in [0.2, 0.25) is 0 Å². The third kappa shape index (κ3) is 1.63. The second-order valence-corrected chi connectivity index (χ2v) is 2.67. The Hall–Kier alpha value is -1.72. The molecule has 4 nitrogen and oxygen atoms in total. The van der Waals surface area contributed by atoms with Crippen molar-refractivity contribution in [1.29, 1.82) is 0 Å². The van der Waals surface area contributed by atoms with Gasteiger partial charge in [0, 0.05) is 13.1 Å². The van der Waals surface area contributed by atoms with E-state index in [-0.39, 0.29) is 5.69 Å². The average Bonchev–Trinajstić information content (AvgIpc) is 2.48. The number of carbonyl (C=O) groups is 1. The summed E-state index contributed by atoms with van der Waals surface area (Å²) in [5, 5.41) is 12.0. The zero-order chi connectivity index (χ0) is 10.9.